The molecule has 3 atom stereocenters. The van der Waals surface area contributed by atoms with Crippen LogP contribution in [0.15, 0.2) is 0 Å². The Kier molecular flexibility index (Phi) is 4.62. The predicted molar refractivity (Wildman–Crippen MR) is 67.8 cm³/mol. The van der Waals surface area contributed by atoms with Crippen LogP contribution in [0.25, 0.3) is 0 Å². The van der Waals surface area contributed by atoms with Crippen molar-refractivity contribution in [1.29, 1.82) is 0 Å². The zero-order valence-electron chi connectivity index (χ0n) is 10.4. The molecule has 2 rings (SSSR count). The summed E-state index contributed by atoms with van der Waals surface area (Å²) in [6.07, 6.45) is 2.51. The van der Waals surface area contributed by atoms with E-state index in [1.165, 1.54) is 12.8 Å². The lowest BCUT2D eigenvalue weighted by molar-refractivity contribution is -0.139. The number of halogens is 1. The van der Waals surface area contributed by atoms with Gasteiger partial charge in [0.15, 0.2) is 0 Å². The Morgan fingerprint density at radius 3 is 2.56 bits per heavy atom. The quantitative estimate of drug-likeness (QED) is 0.804. The molecule has 1 amide bonds. The van der Waals surface area contributed by atoms with Crippen LogP contribution in [0.4, 0.5) is 0 Å². The van der Waals surface area contributed by atoms with Crippen LogP contribution < -0.4 is 5.32 Å². The minimum Gasteiger partial charge on any atom is -0.337 e. The number of hydrogen-bond donors (Lipinski definition) is 1. The normalized spacial score (nSPS) is 31.8. The summed E-state index contributed by atoms with van der Waals surface area (Å²) in [6.45, 7) is 8.19. The van der Waals surface area contributed by atoms with Gasteiger partial charge in [0.2, 0.25) is 5.91 Å². The van der Waals surface area contributed by atoms with E-state index in [4.69, 9.17) is 0 Å². The van der Waals surface area contributed by atoms with Crippen LogP contribution in [0.3, 0.4) is 0 Å². The maximum atomic E-state index is 12.2. The Labute approximate surface area is 104 Å². The van der Waals surface area contributed by atoms with E-state index in [2.05, 4.69) is 31.0 Å². The van der Waals surface area contributed by atoms with Crippen molar-refractivity contribution in [3.05, 3.63) is 0 Å². The van der Waals surface area contributed by atoms with Crippen molar-refractivity contribution < 1.29 is 4.79 Å². The predicted octanol–water partition coefficient (Wildman–Crippen LogP) is 1.66. The van der Waals surface area contributed by atoms with Gasteiger partial charge in [-0.3, -0.25) is 4.79 Å². The van der Waals surface area contributed by atoms with Crippen molar-refractivity contribution in [2.75, 3.05) is 13.1 Å². The highest BCUT2D eigenvalue weighted by molar-refractivity contribution is 5.85. The van der Waals surface area contributed by atoms with Gasteiger partial charge in [-0.1, -0.05) is 6.92 Å². The van der Waals surface area contributed by atoms with E-state index in [0.717, 1.165) is 13.1 Å². The fourth-order valence-electron chi connectivity index (χ4n) is 2.39. The fraction of sp³-hybridized carbons (Fsp3) is 0.917. The minimum atomic E-state index is 0. The molecule has 16 heavy (non-hydrogen) atoms. The molecular formula is C12H23ClN2O. The van der Waals surface area contributed by atoms with Crippen LogP contribution in [0, 0.1) is 11.8 Å². The third-order valence-electron chi connectivity index (χ3n) is 3.77. The maximum Gasteiger partial charge on any atom is 0.226 e. The van der Waals surface area contributed by atoms with Gasteiger partial charge in [-0.2, -0.15) is 0 Å². The van der Waals surface area contributed by atoms with Gasteiger partial charge in [0.05, 0.1) is 0 Å². The molecule has 1 heterocycles. The molecule has 3 unspecified atom stereocenters. The molecule has 0 aromatic heterocycles. The summed E-state index contributed by atoms with van der Waals surface area (Å²) in [7, 11) is 0. The molecular weight excluding hydrogens is 224 g/mol. The largest absolute Gasteiger partial charge is 0.337 e. The van der Waals surface area contributed by atoms with Crippen LogP contribution >= 0.6 is 12.4 Å². The second-order valence-corrected chi connectivity index (χ2v) is 5.28. The van der Waals surface area contributed by atoms with Gasteiger partial charge >= 0.3 is 0 Å². The van der Waals surface area contributed by atoms with E-state index in [9.17, 15) is 4.79 Å². The number of piperazine rings is 1. The number of rotatable bonds is 2. The first-order chi connectivity index (χ1) is 7.09. The van der Waals surface area contributed by atoms with Crippen molar-refractivity contribution >= 4 is 18.3 Å². The Morgan fingerprint density at radius 1 is 1.38 bits per heavy atom. The molecule has 0 bridgehead atoms. The van der Waals surface area contributed by atoms with Gasteiger partial charge in [-0.25, -0.2) is 0 Å². The SMILES string of the molecule is CC1CN(C(=O)C(C)C2CC2)C(C)CN1.Cl. The fourth-order valence-corrected chi connectivity index (χ4v) is 2.39. The summed E-state index contributed by atoms with van der Waals surface area (Å²) in [6, 6.07) is 0.798. The molecule has 1 saturated carbocycles. The Bertz CT molecular complexity index is 255. The minimum absolute atomic E-state index is 0. The molecule has 1 aliphatic carbocycles. The maximum absolute atomic E-state index is 12.2. The van der Waals surface area contributed by atoms with Crippen molar-refractivity contribution in [3.8, 4) is 0 Å². The van der Waals surface area contributed by atoms with Gasteiger partial charge < -0.3 is 10.2 Å². The van der Waals surface area contributed by atoms with Crippen molar-refractivity contribution in [3.63, 3.8) is 0 Å². The van der Waals surface area contributed by atoms with Crippen LogP contribution in [0.5, 0.6) is 0 Å². The number of carbonyl (C=O) groups excluding carboxylic acids is 1. The first kappa shape index (κ1) is 13.8. The molecule has 0 radical (unpaired) electrons. The lowest BCUT2D eigenvalue weighted by atomic mass is 10.0. The molecule has 1 saturated heterocycles. The van der Waals surface area contributed by atoms with E-state index < -0.39 is 0 Å². The Morgan fingerprint density at radius 2 is 2.00 bits per heavy atom. The average Bonchev–Trinajstić information content (AvgIpc) is 3.03. The van der Waals surface area contributed by atoms with Crippen molar-refractivity contribution in [2.24, 2.45) is 11.8 Å². The molecule has 4 heteroatoms. The van der Waals surface area contributed by atoms with Gasteiger partial charge in [0, 0.05) is 31.1 Å². The van der Waals surface area contributed by atoms with Crippen LogP contribution in [-0.2, 0) is 4.79 Å². The standard InChI is InChI=1S/C12H22N2O.ClH/c1-8-7-14(9(2)6-13-8)12(15)10(3)11-4-5-11;/h8-11,13H,4-7H2,1-3H3;1H. The van der Waals surface area contributed by atoms with E-state index >= 15 is 0 Å². The lowest BCUT2D eigenvalue weighted by Crippen LogP contribution is -2.57. The molecule has 2 aliphatic rings. The van der Waals surface area contributed by atoms with E-state index in [1.807, 2.05) is 0 Å². The highest BCUT2D eigenvalue weighted by atomic mass is 35.5. The highest BCUT2D eigenvalue weighted by Gasteiger charge is 2.37. The average molecular weight is 247 g/mol. The Hall–Kier alpha value is -0.280. The molecule has 0 spiro atoms. The summed E-state index contributed by atoms with van der Waals surface area (Å²) in [5, 5.41) is 3.41. The molecule has 1 aliphatic heterocycles. The van der Waals surface area contributed by atoms with E-state index in [0.29, 0.717) is 23.9 Å². The number of carbonyl (C=O) groups is 1. The molecule has 1 N–H and O–H groups in total. The molecule has 2 fully saturated rings. The van der Waals surface area contributed by atoms with Gasteiger partial charge in [0.1, 0.15) is 0 Å². The number of hydrogen-bond acceptors (Lipinski definition) is 2. The third-order valence-corrected chi connectivity index (χ3v) is 3.77. The first-order valence-corrected chi connectivity index (χ1v) is 6.13. The molecule has 94 valence electrons. The second kappa shape index (κ2) is 5.37. The zero-order valence-corrected chi connectivity index (χ0v) is 11.2. The third kappa shape index (κ3) is 2.89. The number of nitrogens with zero attached hydrogens (tertiary/aromatic N) is 1. The summed E-state index contributed by atoms with van der Waals surface area (Å²) in [5.74, 6) is 1.30. The summed E-state index contributed by atoms with van der Waals surface area (Å²) < 4.78 is 0. The molecule has 0 aromatic rings. The monoisotopic (exact) mass is 246 g/mol. The summed E-state index contributed by atoms with van der Waals surface area (Å²) in [5.41, 5.74) is 0. The zero-order chi connectivity index (χ0) is 11.0. The van der Waals surface area contributed by atoms with E-state index in [-0.39, 0.29) is 18.3 Å². The number of amides is 1. The van der Waals surface area contributed by atoms with Gasteiger partial charge in [-0.15, -0.1) is 12.4 Å². The van der Waals surface area contributed by atoms with E-state index in [1.54, 1.807) is 0 Å². The highest BCUT2D eigenvalue weighted by Crippen LogP contribution is 2.37. The molecule has 3 nitrogen and oxygen atoms in total. The van der Waals surface area contributed by atoms with Crippen LogP contribution in [-0.4, -0.2) is 36.0 Å². The number of nitrogens with one attached hydrogen (secondary N) is 1. The topological polar surface area (TPSA) is 32.3 Å². The first-order valence-electron chi connectivity index (χ1n) is 6.13. The second-order valence-electron chi connectivity index (χ2n) is 5.28. The van der Waals surface area contributed by atoms with Gasteiger partial charge in [0.25, 0.3) is 0 Å². The van der Waals surface area contributed by atoms with Crippen LogP contribution in [0.1, 0.15) is 33.6 Å². The summed E-state index contributed by atoms with van der Waals surface area (Å²) in [4.78, 5) is 14.3. The lowest BCUT2D eigenvalue weighted by Gasteiger charge is -2.39. The molecule has 0 aromatic carbocycles. The van der Waals surface area contributed by atoms with Crippen molar-refractivity contribution in [2.45, 2.75) is 45.7 Å². The smallest absolute Gasteiger partial charge is 0.226 e. The Balaban J connectivity index is 0.00000128. The van der Waals surface area contributed by atoms with Crippen LogP contribution in [0.2, 0.25) is 0 Å². The summed E-state index contributed by atoms with van der Waals surface area (Å²) >= 11 is 0. The van der Waals surface area contributed by atoms with Crippen molar-refractivity contribution in [1.82, 2.24) is 10.2 Å². The van der Waals surface area contributed by atoms with Gasteiger partial charge in [-0.05, 0) is 32.6 Å².